The van der Waals surface area contributed by atoms with Gasteiger partial charge in [-0.1, -0.05) is 11.6 Å². The summed E-state index contributed by atoms with van der Waals surface area (Å²) >= 11 is 5.76. The second kappa shape index (κ2) is 5.90. The Hall–Kier alpha value is -1.79. The first kappa shape index (κ1) is 15.3. The molecule has 0 saturated heterocycles. The molecule has 1 unspecified atom stereocenters. The number of ether oxygens (including phenoxy) is 1. The molecule has 6 nitrogen and oxygen atoms in total. The van der Waals surface area contributed by atoms with Crippen LogP contribution in [0.25, 0.3) is 0 Å². The molecule has 1 amide bonds. The lowest BCUT2D eigenvalue weighted by molar-refractivity contribution is -0.155. The number of carboxylic acids is 1. The van der Waals surface area contributed by atoms with E-state index in [1.54, 1.807) is 0 Å². The summed E-state index contributed by atoms with van der Waals surface area (Å²) in [6.07, 6.45) is 0. The number of rotatable bonds is 5. The maximum absolute atomic E-state index is 11.9. The molecule has 0 fully saturated rings. The van der Waals surface area contributed by atoms with Gasteiger partial charge in [0.15, 0.2) is 5.60 Å². The zero-order valence-corrected chi connectivity index (χ0v) is 11.2. The first-order valence-corrected chi connectivity index (χ1v) is 5.73. The number of aliphatic hydroxyl groups is 1. The van der Waals surface area contributed by atoms with Crippen molar-refractivity contribution in [3.63, 3.8) is 0 Å². The topological polar surface area (TPSA) is 95.9 Å². The largest absolute Gasteiger partial charge is 0.496 e. The van der Waals surface area contributed by atoms with Crippen LogP contribution in [0, 0.1) is 0 Å². The second-order valence-corrected chi connectivity index (χ2v) is 4.54. The number of amides is 1. The molecule has 0 aliphatic rings. The molecule has 1 aromatic rings. The first-order chi connectivity index (χ1) is 8.77. The molecule has 0 bridgehead atoms. The minimum Gasteiger partial charge on any atom is -0.496 e. The van der Waals surface area contributed by atoms with Crippen LogP contribution in [0.4, 0.5) is 0 Å². The fraction of sp³-hybridized carbons (Fsp3) is 0.333. The van der Waals surface area contributed by atoms with Gasteiger partial charge in [0.25, 0.3) is 5.91 Å². The molecule has 0 aromatic heterocycles. The van der Waals surface area contributed by atoms with Gasteiger partial charge < -0.3 is 20.3 Å². The summed E-state index contributed by atoms with van der Waals surface area (Å²) in [7, 11) is 1.38. The molecule has 7 heteroatoms. The van der Waals surface area contributed by atoms with E-state index >= 15 is 0 Å². The fourth-order valence-electron chi connectivity index (χ4n) is 1.28. The van der Waals surface area contributed by atoms with Gasteiger partial charge in [0.05, 0.1) is 19.2 Å². The highest BCUT2D eigenvalue weighted by Gasteiger charge is 2.30. The Morgan fingerprint density at radius 3 is 2.63 bits per heavy atom. The van der Waals surface area contributed by atoms with Crippen molar-refractivity contribution in [2.24, 2.45) is 0 Å². The van der Waals surface area contributed by atoms with Gasteiger partial charge in [-0.05, 0) is 25.1 Å². The van der Waals surface area contributed by atoms with E-state index in [2.05, 4.69) is 5.32 Å². The summed E-state index contributed by atoms with van der Waals surface area (Å²) in [6, 6.07) is 4.42. The summed E-state index contributed by atoms with van der Waals surface area (Å²) in [5.74, 6) is -1.72. The fourth-order valence-corrected chi connectivity index (χ4v) is 1.44. The van der Waals surface area contributed by atoms with Crippen LogP contribution in [-0.2, 0) is 4.79 Å². The Bertz CT molecular complexity index is 501. The summed E-state index contributed by atoms with van der Waals surface area (Å²) in [6.45, 7) is 0.668. The maximum atomic E-state index is 11.9. The predicted molar refractivity (Wildman–Crippen MR) is 68.6 cm³/mol. The lowest BCUT2D eigenvalue weighted by Crippen LogP contribution is -2.46. The summed E-state index contributed by atoms with van der Waals surface area (Å²) < 4.78 is 5.00. The summed E-state index contributed by atoms with van der Waals surface area (Å²) in [4.78, 5) is 22.6. The molecular weight excluding hydrogens is 274 g/mol. The molecule has 3 N–H and O–H groups in total. The van der Waals surface area contributed by atoms with Crippen molar-refractivity contribution in [1.29, 1.82) is 0 Å². The third-order valence-corrected chi connectivity index (χ3v) is 2.70. The van der Waals surface area contributed by atoms with Crippen molar-refractivity contribution in [2.45, 2.75) is 12.5 Å². The minimum atomic E-state index is -2.03. The Morgan fingerprint density at radius 1 is 1.47 bits per heavy atom. The molecule has 0 saturated carbocycles. The number of halogens is 1. The molecule has 0 aliphatic heterocycles. The van der Waals surface area contributed by atoms with E-state index in [4.69, 9.17) is 21.4 Å². The third kappa shape index (κ3) is 3.84. The van der Waals surface area contributed by atoms with Gasteiger partial charge in [-0.3, -0.25) is 4.79 Å². The van der Waals surface area contributed by atoms with E-state index in [1.807, 2.05) is 0 Å². The zero-order valence-electron chi connectivity index (χ0n) is 10.4. The Kier molecular flexibility index (Phi) is 4.74. The highest BCUT2D eigenvalue weighted by molar-refractivity contribution is 6.30. The van der Waals surface area contributed by atoms with Crippen LogP contribution in [0.15, 0.2) is 18.2 Å². The predicted octanol–water partition coefficient (Wildman–Crippen LogP) is 0.914. The highest BCUT2D eigenvalue weighted by atomic mass is 35.5. The maximum Gasteiger partial charge on any atom is 0.337 e. The van der Waals surface area contributed by atoms with E-state index < -0.39 is 24.0 Å². The summed E-state index contributed by atoms with van der Waals surface area (Å²) in [5.41, 5.74) is -1.83. The number of carbonyl (C=O) groups is 2. The molecule has 0 aliphatic carbocycles. The highest BCUT2D eigenvalue weighted by Crippen LogP contribution is 2.23. The van der Waals surface area contributed by atoms with Crippen LogP contribution in [0.1, 0.15) is 17.3 Å². The molecule has 0 spiro atoms. The standard InChI is InChI=1S/C12H14ClNO5/c1-12(18,11(16)17)6-14-10(15)8-4-3-7(13)5-9(8)19-2/h3-5,18H,6H2,1-2H3,(H,14,15)(H,16,17). The number of aliphatic carboxylic acids is 1. The van der Waals surface area contributed by atoms with Crippen LogP contribution in [0.3, 0.4) is 0 Å². The Labute approximate surface area is 114 Å². The molecule has 1 atom stereocenters. The van der Waals surface area contributed by atoms with Crippen molar-refractivity contribution in [3.05, 3.63) is 28.8 Å². The van der Waals surface area contributed by atoms with Crippen LogP contribution < -0.4 is 10.1 Å². The average molecular weight is 288 g/mol. The van der Waals surface area contributed by atoms with Crippen molar-refractivity contribution in [2.75, 3.05) is 13.7 Å². The molecule has 19 heavy (non-hydrogen) atoms. The van der Waals surface area contributed by atoms with Crippen LogP contribution in [0.2, 0.25) is 5.02 Å². The van der Waals surface area contributed by atoms with E-state index in [9.17, 15) is 14.7 Å². The summed E-state index contributed by atoms with van der Waals surface area (Å²) in [5, 5.41) is 20.9. The number of carbonyl (C=O) groups excluding carboxylic acids is 1. The molecular formula is C12H14ClNO5. The number of methoxy groups -OCH3 is 1. The monoisotopic (exact) mass is 287 g/mol. The molecule has 1 rings (SSSR count). The number of carboxylic acid groups (broad SMARTS) is 1. The zero-order chi connectivity index (χ0) is 14.6. The Morgan fingerprint density at radius 2 is 2.11 bits per heavy atom. The third-order valence-electron chi connectivity index (χ3n) is 2.46. The van der Waals surface area contributed by atoms with Crippen molar-refractivity contribution in [3.8, 4) is 5.75 Å². The normalized spacial score (nSPS) is 13.5. The van der Waals surface area contributed by atoms with E-state index in [-0.39, 0.29) is 11.3 Å². The Balaban J connectivity index is 2.82. The van der Waals surface area contributed by atoms with Crippen molar-refractivity contribution < 1.29 is 24.5 Å². The van der Waals surface area contributed by atoms with Crippen molar-refractivity contribution in [1.82, 2.24) is 5.32 Å². The lowest BCUT2D eigenvalue weighted by atomic mass is 10.1. The smallest absolute Gasteiger partial charge is 0.337 e. The van der Waals surface area contributed by atoms with E-state index in [1.165, 1.54) is 25.3 Å². The lowest BCUT2D eigenvalue weighted by Gasteiger charge is -2.18. The van der Waals surface area contributed by atoms with E-state index in [0.717, 1.165) is 6.92 Å². The second-order valence-electron chi connectivity index (χ2n) is 4.11. The van der Waals surface area contributed by atoms with Crippen LogP contribution >= 0.6 is 11.6 Å². The van der Waals surface area contributed by atoms with Crippen LogP contribution in [-0.4, -0.2) is 41.3 Å². The van der Waals surface area contributed by atoms with Crippen molar-refractivity contribution >= 4 is 23.5 Å². The molecule has 0 radical (unpaired) electrons. The number of hydrogen-bond acceptors (Lipinski definition) is 4. The van der Waals surface area contributed by atoms with Gasteiger partial charge in [0.2, 0.25) is 0 Å². The van der Waals surface area contributed by atoms with Gasteiger partial charge in [-0.2, -0.15) is 0 Å². The van der Waals surface area contributed by atoms with Gasteiger partial charge >= 0.3 is 5.97 Å². The number of hydrogen-bond donors (Lipinski definition) is 3. The van der Waals surface area contributed by atoms with Gasteiger partial charge in [-0.25, -0.2) is 4.79 Å². The van der Waals surface area contributed by atoms with Gasteiger partial charge in [-0.15, -0.1) is 0 Å². The number of nitrogens with one attached hydrogen (secondary N) is 1. The first-order valence-electron chi connectivity index (χ1n) is 5.35. The van der Waals surface area contributed by atoms with E-state index in [0.29, 0.717) is 5.02 Å². The van der Waals surface area contributed by atoms with Gasteiger partial charge in [0.1, 0.15) is 5.75 Å². The van der Waals surface area contributed by atoms with Gasteiger partial charge in [0, 0.05) is 5.02 Å². The minimum absolute atomic E-state index is 0.202. The van der Waals surface area contributed by atoms with Crippen LogP contribution in [0.5, 0.6) is 5.75 Å². The SMILES string of the molecule is COc1cc(Cl)ccc1C(=O)NCC(C)(O)C(=O)O. The quantitative estimate of drug-likeness (QED) is 0.748. The molecule has 0 heterocycles. The molecule has 104 valence electrons. The number of benzene rings is 1. The molecule has 1 aromatic carbocycles. The average Bonchev–Trinajstić information content (AvgIpc) is 2.35.